The van der Waals surface area contributed by atoms with Crippen LogP contribution in [0.4, 0.5) is 4.39 Å². The van der Waals surface area contributed by atoms with Gasteiger partial charge in [0.15, 0.2) is 0 Å². The predicted octanol–water partition coefficient (Wildman–Crippen LogP) is 2.81. The van der Waals surface area contributed by atoms with Gasteiger partial charge in [-0.05, 0) is 47.4 Å². The molecule has 0 saturated carbocycles. The molecule has 0 spiro atoms. The number of rotatable bonds is 14. The Bertz CT molecular complexity index is 1320. The zero-order chi connectivity index (χ0) is 28.3. The highest BCUT2D eigenvalue weighted by molar-refractivity contribution is 7.89. The molecule has 0 radical (unpaired) electrons. The van der Waals surface area contributed by atoms with Crippen LogP contribution in [0.15, 0.2) is 83.8 Å². The number of hydrogen-bond acceptors (Lipinski definition) is 5. The number of sulfonamides is 1. The summed E-state index contributed by atoms with van der Waals surface area (Å²) in [6.07, 6.45) is 0.650. The Morgan fingerprint density at radius 1 is 0.923 bits per heavy atom. The summed E-state index contributed by atoms with van der Waals surface area (Å²) in [7, 11) is -3.58. The maximum atomic E-state index is 13.6. The molecule has 0 saturated heterocycles. The van der Waals surface area contributed by atoms with Gasteiger partial charge in [-0.15, -0.1) is 0 Å². The second-order valence-electron chi connectivity index (χ2n) is 9.01. The Kier molecular flexibility index (Phi) is 11.2. The van der Waals surface area contributed by atoms with E-state index in [1.807, 2.05) is 30.3 Å². The van der Waals surface area contributed by atoms with Crippen LogP contribution in [-0.2, 0) is 39.0 Å². The average Bonchev–Trinajstić information content (AvgIpc) is 2.94. The molecule has 1 atom stereocenters. The van der Waals surface area contributed by atoms with Crippen molar-refractivity contribution in [3.05, 3.63) is 101 Å². The van der Waals surface area contributed by atoms with Crippen LogP contribution in [0.1, 0.15) is 30.0 Å². The van der Waals surface area contributed by atoms with Gasteiger partial charge in [-0.1, -0.05) is 61.5 Å². The van der Waals surface area contributed by atoms with Crippen molar-refractivity contribution < 1.29 is 27.5 Å². The number of carbonyl (C=O) groups is 2. The van der Waals surface area contributed by atoms with Gasteiger partial charge in [0.2, 0.25) is 21.8 Å². The summed E-state index contributed by atoms with van der Waals surface area (Å²) < 4.78 is 40.4. The molecule has 0 aliphatic rings. The quantitative estimate of drug-likeness (QED) is 0.283. The van der Waals surface area contributed by atoms with Gasteiger partial charge in [-0.25, -0.2) is 17.5 Å². The summed E-state index contributed by atoms with van der Waals surface area (Å²) in [4.78, 5) is 28.5. The van der Waals surface area contributed by atoms with Gasteiger partial charge in [0, 0.05) is 32.5 Å². The van der Waals surface area contributed by atoms with E-state index in [0.29, 0.717) is 12.0 Å². The van der Waals surface area contributed by atoms with E-state index in [-0.39, 0.29) is 49.9 Å². The normalized spacial score (nSPS) is 12.1. The second kappa shape index (κ2) is 14.5. The number of aliphatic hydroxyl groups excluding tert-OH is 1. The van der Waals surface area contributed by atoms with Crippen molar-refractivity contribution in [1.82, 2.24) is 14.9 Å². The number of aliphatic hydroxyl groups is 1. The van der Waals surface area contributed by atoms with Crippen molar-refractivity contribution in [3.63, 3.8) is 0 Å². The van der Waals surface area contributed by atoms with Crippen molar-refractivity contribution in [2.45, 2.75) is 43.7 Å². The second-order valence-corrected chi connectivity index (χ2v) is 10.8. The van der Waals surface area contributed by atoms with E-state index in [1.54, 1.807) is 31.2 Å². The molecule has 0 unspecified atom stereocenters. The van der Waals surface area contributed by atoms with E-state index in [4.69, 9.17) is 0 Å². The Hall–Kier alpha value is -3.60. The van der Waals surface area contributed by atoms with Gasteiger partial charge < -0.3 is 15.3 Å². The Morgan fingerprint density at radius 2 is 1.56 bits per heavy atom. The summed E-state index contributed by atoms with van der Waals surface area (Å²) in [6, 6.07) is 20.5. The molecule has 0 aromatic heterocycles. The number of benzene rings is 3. The number of amides is 2. The molecule has 0 aliphatic carbocycles. The fraction of sp³-hybridized carbons (Fsp3) is 0.310. The van der Waals surface area contributed by atoms with Crippen molar-refractivity contribution in [3.8, 4) is 0 Å². The van der Waals surface area contributed by atoms with E-state index >= 15 is 0 Å². The van der Waals surface area contributed by atoms with Crippen molar-refractivity contribution >= 4 is 21.8 Å². The van der Waals surface area contributed by atoms with E-state index in [9.17, 15) is 27.5 Å². The summed E-state index contributed by atoms with van der Waals surface area (Å²) in [5.74, 6) is -1.09. The van der Waals surface area contributed by atoms with E-state index in [2.05, 4.69) is 10.0 Å². The molecular weight excluding hydrogens is 521 g/mol. The first-order valence-electron chi connectivity index (χ1n) is 12.8. The van der Waals surface area contributed by atoms with Gasteiger partial charge >= 0.3 is 0 Å². The summed E-state index contributed by atoms with van der Waals surface area (Å²) >= 11 is 0. The van der Waals surface area contributed by atoms with E-state index < -0.39 is 27.8 Å². The lowest BCUT2D eigenvalue weighted by Gasteiger charge is -2.31. The van der Waals surface area contributed by atoms with Crippen molar-refractivity contribution in [1.29, 1.82) is 0 Å². The maximum absolute atomic E-state index is 13.6. The molecule has 0 bridgehead atoms. The minimum absolute atomic E-state index is 0.0465. The lowest BCUT2D eigenvalue weighted by molar-refractivity contribution is -0.141. The number of aryl methyl sites for hydroxylation is 1. The predicted molar refractivity (Wildman–Crippen MR) is 147 cm³/mol. The smallest absolute Gasteiger partial charge is 0.243 e. The third-order valence-electron chi connectivity index (χ3n) is 6.14. The topological polar surface area (TPSA) is 116 Å². The van der Waals surface area contributed by atoms with Crippen molar-refractivity contribution in [2.75, 3.05) is 19.7 Å². The van der Waals surface area contributed by atoms with Crippen LogP contribution in [0, 0.1) is 5.82 Å². The number of halogens is 1. The molecule has 39 heavy (non-hydrogen) atoms. The van der Waals surface area contributed by atoms with E-state index in [0.717, 1.165) is 11.1 Å². The highest BCUT2D eigenvalue weighted by Crippen LogP contribution is 2.18. The van der Waals surface area contributed by atoms with Crippen LogP contribution in [0.5, 0.6) is 0 Å². The first kappa shape index (κ1) is 29.9. The highest BCUT2D eigenvalue weighted by atomic mass is 32.2. The Labute approximate surface area is 228 Å². The van der Waals surface area contributed by atoms with E-state index in [1.165, 1.54) is 29.2 Å². The lowest BCUT2D eigenvalue weighted by atomic mass is 10.0. The third-order valence-corrected chi connectivity index (χ3v) is 7.71. The van der Waals surface area contributed by atoms with Crippen LogP contribution in [0.2, 0.25) is 0 Å². The lowest BCUT2D eigenvalue weighted by Crippen LogP contribution is -2.51. The van der Waals surface area contributed by atoms with Crippen LogP contribution in [0.3, 0.4) is 0 Å². The fourth-order valence-electron chi connectivity index (χ4n) is 4.14. The summed E-state index contributed by atoms with van der Waals surface area (Å²) in [5.41, 5.74) is 2.29. The monoisotopic (exact) mass is 555 g/mol. The molecule has 3 N–H and O–H groups in total. The average molecular weight is 556 g/mol. The van der Waals surface area contributed by atoms with Crippen LogP contribution < -0.4 is 10.0 Å². The molecule has 0 aliphatic heterocycles. The SMILES string of the molecule is CCNS(=O)(=O)c1ccc(CCC(=O)N(Cc2ccc(F)cc2)[C@@H](Cc2ccccc2)C(=O)NCCO)cc1. The zero-order valence-electron chi connectivity index (χ0n) is 21.8. The molecule has 0 heterocycles. The molecule has 3 aromatic carbocycles. The molecule has 3 aromatic rings. The molecule has 208 valence electrons. The summed E-state index contributed by atoms with van der Waals surface area (Å²) in [6.45, 7) is 1.87. The zero-order valence-corrected chi connectivity index (χ0v) is 22.7. The first-order chi connectivity index (χ1) is 18.7. The maximum Gasteiger partial charge on any atom is 0.243 e. The van der Waals surface area contributed by atoms with Crippen LogP contribution in [-0.4, -0.2) is 56.0 Å². The minimum atomic E-state index is -3.58. The van der Waals surface area contributed by atoms with Gasteiger partial charge in [-0.3, -0.25) is 9.59 Å². The van der Waals surface area contributed by atoms with Crippen LogP contribution >= 0.6 is 0 Å². The summed E-state index contributed by atoms with van der Waals surface area (Å²) in [5, 5.41) is 11.9. The van der Waals surface area contributed by atoms with Crippen molar-refractivity contribution in [2.24, 2.45) is 0 Å². The standard InChI is InChI=1S/C29H34FN3O5S/c1-2-32-39(37,38)26-15-10-22(11-16-26)12-17-28(35)33(21-24-8-13-25(30)14-9-24)27(29(36)31-18-19-34)20-23-6-4-3-5-7-23/h3-11,13-16,27,32,34H,2,12,17-21H2,1H3,(H,31,36)/t27-/m0/s1. The third kappa shape index (κ3) is 8.98. The Balaban J connectivity index is 1.85. The fourth-order valence-corrected chi connectivity index (χ4v) is 5.18. The number of hydrogen-bond donors (Lipinski definition) is 3. The molecule has 0 fully saturated rings. The first-order valence-corrected chi connectivity index (χ1v) is 14.3. The van der Waals surface area contributed by atoms with Crippen LogP contribution in [0.25, 0.3) is 0 Å². The van der Waals surface area contributed by atoms with Gasteiger partial charge in [0.1, 0.15) is 11.9 Å². The van der Waals surface area contributed by atoms with Gasteiger partial charge in [0.05, 0.1) is 11.5 Å². The molecule has 2 amide bonds. The molecular formula is C29H34FN3O5S. The number of carbonyl (C=O) groups excluding carboxylic acids is 2. The van der Waals surface area contributed by atoms with Gasteiger partial charge in [0.25, 0.3) is 0 Å². The molecule has 8 nitrogen and oxygen atoms in total. The number of nitrogens with one attached hydrogen (secondary N) is 2. The minimum Gasteiger partial charge on any atom is -0.395 e. The van der Waals surface area contributed by atoms with Gasteiger partial charge in [-0.2, -0.15) is 0 Å². The Morgan fingerprint density at radius 3 is 2.18 bits per heavy atom. The molecule has 10 heteroatoms. The molecule has 3 rings (SSSR count). The largest absolute Gasteiger partial charge is 0.395 e. The highest BCUT2D eigenvalue weighted by Gasteiger charge is 2.30. The number of nitrogens with zero attached hydrogens (tertiary/aromatic N) is 1.